The van der Waals surface area contributed by atoms with Crippen molar-refractivity contribution in [2.24, 2.45) is 0 Å². The highest BCUT2D eigenvalue weighted by Crippen LogP contribution is 2.32. The Balaban J connectivity index is 1.41. The van der Waals surface area contributed by atoms with Gasteiger partial charge in [-0.2, -0.15) is 0 Å². The van der Waals surface area contributed by atoms with Crippen LogP contribution in [0.5, 0.6) is 0 Å². The van der Waals surface area contributed by atoms with Gasteiger partial charge in [-0.3, -0.25) is 4.79 Å². The van der Waals surface area contributed by atoms with Crippen molar-refractivity contribution in [2.45, 2.75) is 32.7 Å². The van der Waals surface area contributed by atoms with Crippen molar-refractivity contribution in [3.8, 4) is 0 Å². The molecule has 2 aromatic rings. The van der Waals surface area contributed by atoms with Gasteiger partial charge in [-0.15, -0.1) is 0 Å². The van der Waals surface area contributed by atoms with Gasteiger partial charge >= 0.3 is 0 Å². The van der Waals surface area contributed by atoms with Crippen LogP contribution >= 0.6 is 0 Å². The highest BCUT2D eigenvalue weighted by atomic mass is 19.1. The third-order valence-corrected chi connectivity index (χ3v) is 4.96. The third-order valence-electron chi connectivity index (χ3n) is 4.96. The Kier molecular flexibility index (Phi) is 5.02. The zero-order valence-electron chi connectivity index (χ0n) is 16.6. The summed E-state index contributed by atoms with van der Waals surface area (Å²) in [5.41, 5.74) is 4.56. The highest BCUT2D eigenvalue weighted by Gasteiger charge is 2.32. The fraction of sp³-hybridized carbons (Fsp3) is 0.318. The Morgan fingerprint density at radius 3 is 2.83 bits per heavy atom. The molecular formula is C22H24FN3O3. The summed E-state index contributed by atoms with van der Waals surface area (Å²) in [7, 11) is 0. The summed E-state index contributed by atoms with van der Waals surface area (Å²) in [5, 5.41) is 9.23. The number of hydrogen-bond acceptors (Lipinski definition) is 5. The fourth-order valence-electron chi connectivity index (χ4n) is 3.50. The summed E-state index contributed by atoms with van der Waals surface area (Å²) in [6.07, 6.45) is 1.66. The fourth-order valence-corrected chi connectivity index (χ4v) is 3.50. The molecule has 1 saturated heterocycles. The monoisotopic (exact) mass is 397 g/mol. The van der Waals surface area contributed by atoms with Gasteiger partial charge in [0.1, 0.15) is 11.9 Å². The van der Waals surface area contributed by atoms with Crippen LogP contribution in [0.25, 0.3) is 5.57 Å². The largest absolute Gasteiger partial charge is 0.382 e. The average molecular weight is 397 g/mol. The molecule has 0 bridgehead atoms. The molecule has 3 N–H and O–H groups in total. The van der Waals surface area contributed by atoms with Crippen LogP contribution in [0.4, 0.5) is 21.5 Å². The van der Waals surface area contributed by atoms with Gasteiger partial charge in [0.2, 0.25) is 0 Å². The second-order valence-corrected chi connectivity index (χ2v) is 7.71. The van der Waals surface area contributed by atoms with Crippen molar-refractivity contribution in [2.75, 3.05) is 29.1 Å². The smallest absolute Gasteiger partial charge is 0.257 e. The molecule has 6 nitrogen and oxygen atoms in total. The molecule has 0 saturated carbocycles. The number of aryl methyl sites for hydroxylation is 1. The van der Waals surface area contributed by atoms with E-state index in [9.17, 15) is 9.18 Å². The molecule has 2 aromatic carbocycles. The van der Waals surface area contributed by atoms with Gasteiger partial charge in [-0.05, 0) is 62.7 Å². The Hall–Kier alpha value is -2.90. The normalized spacial score (nSPS) is 21.2. The summed E-state index contributed by atoms with van der Waals surface area (Å²) in [6.45, 7) is 7.06. The number of rotatable bonds is 5. The lowest BCUT2D eigenvalue weighted by atomic mass is 10.1. The van der Waals surface area contributed by atoms with Crippen LogP contribution in [0.3, 0.4) is 0 Å². The Labute approximate surface area is 169 Å². The Morgan fingerprint density at radius 1 is 1.28 bits per heavy atom. The number of halogens is 1. The molecule has 1 unspecified atom stereocenters. The molecule has 1 fully saturated rings. The molecule has 0 spiro atoms. The Bertz CT molecular complexity index is 987. The molecule has 2 heterocycles. The van der Waals surface area contributed by atoms with Crippen molar-refractivity contribution in [3.05, 3.63) is 59.5 Å². The SMILES string of the molecule is Cc1cc(N/C=C2/C(=O)Nc3cc(F)ccc32)ccc1NCC1COC(C)(C)O1. The van der Waals surface area contributed by atoms with Crippen molar-refractivity contribution in [1.82, 2.24) is 0 Å². The topological polar surface area (TPSA) is 71.6 Å². The molecule has 0 aromatic heterocycles. The van der Waals surface area contributed by atoms with E-state index in [-0.39, 0.29) is 17.8 Å². The van der Waals surface area contributed by atoms with Crippen LogP contribution in [0.15, 0.2) is 42.6 Å². The number of carbonyl (C=O) groups excluding carboxylic acids is 1. The van der Waals surface area contributed by atoms with Gasteiger partial charge in [0, 0.05) is 29.7 Å². The molecule has 4 rings (SSSR count). The van der Waals surface area contributed by atoms with E-state index in [4.69, 9.17) is 9.47 Å². The van der Waals surface area contributed by atoms with Crippen molar-refractivity contribution in [1.29, 1.82) is 0 Å². The number of fused-ring (bicyclic) bond motifs is 1. The van der Waals surface area contributed by atoms with Crippen LogP contribution in [0.2, 0.25) is 0 Å². The van der Waals surface area contributed by atoms with Gasteiger partial charge in [-0.1, -0.05) is 0 Å². The second-order valence-electron chi connectivity index (χ2n) is 7.71. The van der Waals surface area contributed by atoms with Gasteiger partial charge in [0.05, 0.1) is 17.9 Å². The van der Waals surface area contributed by atoms with E-state index < -0.39 is 5.79 Å². The van der Waals surface area contributed by atoms with E-state index in [1.165, 1.54) is 12.1 Å². The van der Waals surface area contributed by atoms with Crippen LogP contribution in [0.1, 0.15) is 25.0 Å². The highest BCUT2D eigenvalue weighted by molar-refractivity contribution is 6.31. The lowest BCUT2D eigenvalue weighted by Gasteiger charge is -2.18. The number of benzene rings is 2. The van der Waals surface area contributed by atoms with E-state index in [1.54, 1.807) is 12.3 Å². The number of hydrogen-bond donors (Lipinski definition) is 3. The predicted molar refractivity (Wildman–Crippen MR) is 111 cm³/mol. The summed E-state index contributed by atoms with van der Waals surface area (Å²) in [5.74, 6) is -1.16. The lowest BCUT2D eigenvalue weighted by Crippen LogP contribution is -2.26. The number of ether oxygens (including phenoxy) is 2. The van der Waals surface area contributed by atoms with Crippen LogP contribution in [-0.2, 0) is 14.3 Å². The molecule has 152 valence electrons. The first-order valence-electron chi connectivity index (χ1n) is 9.55. The first-order valence-corrected chi connectivity index (χ1v) is 9.55. The molecule has 2 aliphatic rings. The minimum atomic E-state index is -0.528. The first kappa shape index (κ1) is 19.4. The maximum absolute atomic E-state index is 13.3. The second kappa shape index (κ2) is 7.50. The Morgan fingerprint density at radius 2 is 2.10 bits per heavy atom. The van der Waals surface area contributed by atoms with E-state index in [0.717, 1.165) is 16.9 Å². The maximum Gasteiger partial charge on any atom is 0.257 e. The van der Waals surface area contributed by atoms with Gasteiger partial charge in [-0.25, -0.2) is 4.39 Å². The average Bonchev–Trinajstić information content (AvgIpc) is 3.16. The minimum absolute atomic E-state index is 0.0118. The van der Waals surface area contributed by atoms with Crippen molar-refractivity contribution in [3.63, 3.8) is 0 Å². The first-order chi connectivity index (χ1) is 13.8. The molecular weight excluding hydrogens is 373 g/mol. The molecule has 7 heteroatoms. The third kappa shape index (κ3) is 4.26. The van der Waals surface area contributed by atoms with Crippen molar-refractivity contribution < 1.29 is 18.7 Å². The number of carbonyl (C=O) groups is 1. The van der Waals surface area contributed by atoms with E-state index >= 15 is 0 Å². The molecule has 2 aliphatic heterocycles. The number of amides is 1. The number of nitrogens with one attached hydrogen (secondary N) is 3. The minimum Gasteiger partial charge on any atom is -0.382 e. The summed E-state index contributed by atoms with van der Waals surface area (Å²) in [4.78, 5) is 12.2. The van der Waals surface area contributed by atoms with Gasteiger partial charge in [0.15, 0.2) is 5.79 Å². The summed E-state index contributed by atoms with van der Waals surface area (Å²) < 4.78 is 24.7. The summed E-state index contributed by atoms with van der Waals surface area (Å²) in [6, 6.07) is 10.2. The lowest BCUT2D eigenvalue weighted by molar-refractivity contribution is -0.136. The zero-order valence-corrected chi connectivity index (χ0v) is 16.6. The van der Waals surface area contributed by atoms with E-state index in [0.29, 0.717) is 30.0 Å². The molecule has 1 amide bonds. The molecule has 0 radical (unpaired) electrons. The van der Waals surface area contributed by atoms with Crippen LogP contribution in [-0.4, -0.2) is 30.9 Å². The maximum atomic E-state index is 13.3. The van der Waals surface area contributed by atoms with Gasteiger partial charge < -0.3 is 25.4 Å². The quantitative estimate of drug-likeness (QED) is 0.663. The summed E-state index contributed by atoms with van der Waals surface area (Å²) >= 11 is 0. The predicted octanol–water partition coefficient (Wildman–Crippen LogP) is 4.10. The van der Waals surface area contributed by atoms with Gasteiger partial charge in [0.25, 0.3) is 5.91 Å². The number of anilines is 3. The molecule has 0 aliphatic carbocycles. The molecule has 29 heavy (non-hydrogen) atoms. The van der Waals surface area contributed by atoms with Crippen LogP contribution in [0, 0.1) is 12.7 Å². The van der Waals surface area contributed by atoms with E-state index in [1.807, 2.05) is 39.0 Å². The zero-order chi connectivity index (χ0) is 20.6. The van der Waals surface area contributed by atoms with Crippen LogP contribution < -0.4 is 16.0 Å². The van der Waals surface area contributed by atoms with Crippen molar-refractivity contribution >= 4 is 28.5 Å². The van der Waals surface area contributed by atoms with E-state index in [2.05, 4.69) is 16.0 Å². The molecule has 1 atom stereocenters. The standard InChI is InChI=1S/C22H24FN3O3/c1-13-8-15(5-7-19(13)25-10-16-12-28-22(2,3)29-16)24-11-18-17-6-4-14(23)9-20(17)26-21(18)27/h4-9,11,16,24-25H,10,12H2,1-3H3,(H,26,27)/b18-11+.